The zero-order valence-corrected chi connectivity index (χ0v) is 16.6. The maximum absolute atomic E-state index is 11.9. The van der Waals surface area contributed by atoms with Gasteiger partial charge in [0.1, 0.15) is 5.76 Å². The number of nitrogens with one attached hydrogen (secondary N) is 2. The van der Waals surface area contributed by atoms with Gasteiger partial charge >= 0.3 is 0 Å². The molecule has 1 unspecified atom stereocenters. The molecule has 0 radical (unpaired) electrons. The number of aromatic nitrogens is 1. The van der Waals surface area contributed by atoms with Crippen molar-refractivity contribution in [3.63, 3.8) is 0 Å². The predicted octanol–water partition coefficient (Wildman–Crippen LogP) is 2.59. The number of thioether (sulfide) groups is 1. The van der Waals surface area contributed by atoms with Gasteiger partial charge in [-0.1, -0.05) is 43.3 Å². The third-order valence-corrected chi connectivity index (χ3v) is 4.84. The Balaban J connectivity index is 1.65. The molecule has 7 nitrogen and oxygen atoms in total. The monoisotopic (exact) mass is 390 g/mol. The second-order valence-corrected chi connectivity index (χ2v) is 7.58. The molecular weight excluding hydrogens is 364 g/mol. The average molecular weight is 391 g/mol. The molecule has 146 valence electrons. The summed E-state index contributed by atoms with van der Waals surface area (Å²) in [6.45, 7) is 6.37. The van der Waals surface area contributed by atoms with Crippen molar-refractivity contribution in [2.45, 2.75) is 32.7 Å². The van der Waals surface area contributed by atoms with E-state index < -0.39 is 0 Å². The standard InChI is InChI=1S/C19H26N4O3S/c1-12(2)14-4-6-15(7-5-14)16(20)9-21-18(24)10-27-11-19(25)22-17-8-13(3)26-23-17/h4-8,12,16H,9-11,20H2,1-3H3,(H,21,24)(H,22,23,25). The number of carbonyl (C=O) groups is 2. The fourth-order valence-electron chi connectivity index (χ4n) is 2.36. The summed E-state index contributed by atoms with van der Waals surface area (Å²) in [4.78, 5) is 23.7. The van der Waals surface area contributed by atoms with E-state index in [-0.39, 0.29) is 29.4 Å². The lowest BCUT2D eigenvalue weighted by atomic mass is 9.99. The summed E-state index contributed by atoms with van der Waals surface area (Å²) < 4.78 is 4.87. The Hall–Kier alpha value is -2.32. The molecule has 2 aromatic rings. The Labute approximate surface area is 163 Å². The first-order valence-corrected chi connectivity index (χ1v) is 9.93. The van der Waals surface area contributed by atoms with Crippen molar-refractivity contribution in [1.29, 1.82) is 0 Å². The molecule has 1 aromatic carbocycles. The van der Waals surface area contributed by atoms with E-state index >= 15 is 0 Å². The van der Waals surface area contributed by atoms with Crippen LogP contribution in [-0.2, 0) is 9.59 Å². The van der Waals surface area contributed by atoms with Gasteiger partial charge in [0.15, 0.2) is 5.82 Å². The van der Waals surface area contributed by atoms with E-state index in [1.165, 1.54) is 17.3 Å². The molecule has 1 atom stereocenters. The fraction of sp³-hybridized carbons (Fsp3) is 0.421. The van der Waals surface area contributed by atoms with Crippen LogP contribution in [0.3, 0.4) is 0 Å². The number of nitrogens with two attached hydrogens (primary N) is 1. The van der Waals surface area contributed by atoms with Crippen molar-refractivity contribution >= 4 is 29.4 Å². The minimum absolute atomic E-state index is 0.153. The molecule has 1 heterocycles. The number of carbonyl (C=O) groups excluding carboxylic acids is 2. The highest BCUT2D eigenvalue weighted by Gasteiger charge is 2.11. The van der Waals surface area contributed by atoms with Crippen molar-refractivity contribution in [2.75, 3.05) is 23.4 Å². The van der Waals surface area contributed by atoms with E-state index in [0.29, 0.717) is 24.0 Å². The van der Waals surface area contributed by atoms with E-state index in [4.69, 9.17) is 10.3 Å². The van der Waals surface area contributed by atoms with Crippen molar-refractivity contribution < 1.29 is 14.1 Å². The first-order valence-electron chi connectivity index (χ1n) is 8.78. The first kappa shape index (κ1) is 21.0. The molecule has 0 bridgehead atoms. The number of benzene rings is 1. The van der Waals surface area contributed by atoms with Gasteiger partial charge in [0.05, 0.1) is 11.5 Å². The van der Waals surface area contributed by atoms with Crippen LogP contribution >= 0.6 is 11.8 Å². The van der Waals surface area contributed by atoms with Gasteiger partial charge in [0.25, 0.3) is 0 Å². The van der Waals surface area contributed by atoms with Gasteiger partial charge in [-0.3, -0.25) is 9.59 Å². The summed E-state index contributed by atoms with van der Waals surface area (Å²) in [6, 6.07) is 9.48. The van der Waals surface area contributed by atoms with Crippen LogP contribution in [0.15, 0.2) is 34.9 Å². The molecule has 2 rings (SSSR count). The number of aryl methyl sites for hydroxylation is 1. The van der Waals surface area contributed by atoms with E-state index in [2.05, 4.69) is 41.8 Å². The van der Waals surface area contributed by atoms with Crippen LogP contribution in [0.5, 0.6) is 0 Å². The normalized spacial score (nSPS) is 12.0. The largest absolute Gasteiger partial charge is 0.360 e. The number of hydrogen-bond acceptors (Lipinski definition) is 6. The lowest BCUT2D eigenvalue weighted by Crippen LogP contribution is -2.33. The van der Waals surface area contributed by atoms with Crippen LogP contribution in [-0.4, -0.2) is 35.0 Å². The number of nitrogens with zero attached hydrogens (tertiary/aromatic N) is 1. The molecule has 0 aliphatic heterocycles. The highest BCUT2D eigenvalue weighted by Crippen LogP contribution is 2.17. The SMILES string of the molecule is Cc1cc(NC(=O)CSCC(=O)NCC(N)c2ccc(C(C)C)cc2)no1. The summed E-state index contributed by atoms with van der Waals surface area (Å²) in [6.07, 6.45) is 0. The Bertz CT molecular complexity index is 759. The highest BCUT2D eigenvalue weighted by atomic mass is 32.2. The maximum atomic E-state index is 11.9. The molecule has 0 spiro atoms. The molecule has 2 amide bonds. The fourth-order valence-corrected chi connectivity index (χ4v) is 3.01. The van der Waals surface area contributed by atoms with Crippen molar-refractivity contribution in [3.8, 4) is 0 Å². The van der Waals surface area contributed by atoms with Crippen LogP contribution in [0.1, 0.15) is 42.7 Å². The molecule has 1 aromatic heterocycles. The molecule has 8 heteroatoms. The van der Waals surface area contributed by atoms with Crippen molar-refractivity contribution in [3.05, 3.63) is 47.2 Å². The minimum Gasteiger partial charge on any atom is -0.360 e. The van der Waals surface area contributed by atoms with E-state index in [1.807, 2.05) is 12.1 Å². The minimum atomic E-state index is -0.265. The molecule has 0 aliphatic carbocycles. The molecule has 0 aliphatic rings. The zero-order valence-electron chi connectivity index (χ0n) is 15.8. The Kier molecular flexibility index (Phi) is 7.87. The number of rotatable bonds is 9. The van der Waals surface area contributed by atoms with Gasteiger partial charge in [-0.05, 0) is 24.0 Å². The highest BCUT2D eigenvalue weighted by molar-refractivity contribution is 8.00. The quantitative estimate of drug-likeness (QED) is 0.607. The van der Waals surface area contributed by atoms with E-state index in [9.17, 15) is 9.59 Å². The topological polar surface area (TPSA) is 110 Å². The van der Waals surface area contributed by atoms with Gasteiger partial charge in [0.2, 0.25) is 11.8 Å². The number of hydrogen-bond donors (Lipinski definition) is 3. The number of amides is 2. The number of anilines is 1. The first-order chi connectivity index (χ1) is 12.8. The molecule has 0 fully saturated rings. The maximum Gasteiger partial charge on any atom is 0.235 e. The lowest BCUT2D eigenvalue weighted by molar-refractivity contribution is -0.118. The van der Waals surface area contributed by atoms with Crippen molar-refractivity contribution in [1.82, 2.24) is 10.5 Å². The molecule has 0 saturated heterocycles. The molecule has 0 saturated carbocycles. The van der Waals surface area contributed by atoms with Gasteiger partial charge in [-0.25, -0.2) is 0 Å². The summed E-state index contributed by atoms with van der Waals surface area (Å²) >= 11 is 1.22. The smallest absolute Gasteiger partial charge is 0.235 e. The van der Waals surface area contributed by atoms with Crippen LogP contribution < -0.4 is 16.4 Å². The lowest BCUT2D eigenvalue weighted by Gasteiger charge is -2.14. The second-order valence-electron chi connectivity index (χ2n) is 6.60. The van der Waals surface area contributed by atoms with E-state index in [1.54, 1.807) is 13.0 Å². The molecule has 4 N–H and O–H groups in total. The average Bonchev–Trinajstić information content (AvgIpc) is 3.04. The molecular formula is C19H26N4O3S. The van der Waals surface area contributed by atoms with Gasteiger partial charge < -0.3 is 20.9 Å². The van der Waals surface area contributed by atoms with Crippen LogP contribution in [0.2, 0.25) is 0 Å². The predicted molar refractivity (Wildman–Crippen MR) is 108 cm³/mol. The van der Waals surface area contributed by atoms with E-state index in [0.717, 1.165) is 5.56 Å². The Morgan fingerprint density at radius 3 is 2.37 bits per heavy atom. The third kappa shape index (κ3) is 7.07. The van der Waals surface area contributed by atoms with Gasteiger partial charge in [-0.15, -0.1) is 11.8 Å². The Morgan fingerprint density at radius 1 is 1.15 bits per heavy atom. The zero-order chi connectivity index (χ0) is 19.8. The van der Waals surface area contributed by atoms with Crippen LogP contribution in [0.25, 0.3) is 0 Å². The van der Waals surface area contributed by atoms with Crippen LogP contribution in [0.4, 0.5) is 5.82 Å². The summed E-state index contributed by atoms with van der Waals surface area (Å²) in [5.41, 5.74) is 8.37. The summed E-state index contributed by atoms with van der Waals surface area (Å²) in [7, 11) is 0. The van der Waals surface area contributed by atoms with Crippen molar-refractivity contribution in [2.24, 2.45) is 5.73 Å². The molecule has 27 heavy (non-hydrogen) atoms. The van der Waals surface area contributed by atoms with Crippen LogP contribution in [0, 0.1) is 6.92 Å². The van der Waals surface area contributed by atoms with Gasteiger partial charge in [-0.2, -0.15) is 0 Å². The van der Waals surface area contributed by atoms with Gasteiger partial charge in [0, 0.05) is 18.7 Å². The second kappa shape index (κ2) is 10.1. The Morgan fingerprint density at radius 2 is 1.78 bits per heavy atom. The summed E-state index contributed by atoms with van der Waals surface area (Å²) in [5, 5.41) is 9.09. The summed E-state index contributed by atoms with van der Waals surface area (Å²) in [5.74, 6) is 1.41. The third-order valence-electron chi connectivity index (χ3n) is 3.91.